The highest BCUT2D eigenvalue weighted by Gasteiger charge is 2.35. The Balaban J connectivity index is 2.02. The molecule has 0 spiro atoms. The second-order valence-corrected chi connectivity index (χ2v) is 7.03. The van der Waals surface area contributed by atoms with Crippen molar-refractivity contribution in [3.05, 3.63) is 11.6 Å². The molecule has 0 amide bonds. The number of likely N-dealkylation sites (tertiary alicyclic amines) is 1. The maximum atomic E-state index is 2.53. The lowest BCUT2D eigenvalue weighted by Crippen LogP contribution is -2.52. The van der Waals surface area contributed by atoms with Crippen LogP contribution in [0.2, 0.25) is 0 Å². The highest BCUT2D eigenvalue weighted by Crippen LogP contribution is 2.35. The molecule has 0 radical (unpaired) electrons. The molecule has 0 unspecified atom stereocenters. The van der Waals surface area contributed by atoms with E-state index >= 15 is 0 Å². The van der Waals surface area contributed by atoms with E-state index in [-0.39, 0.29) is 0 Å². The number of hydrogen-bond donors (Lipinski definition) is 0. The number of allylic oxidation sites excluding steroid dienone is 2. The molecular formula is C16H30N+. The van der Waals surface area contributed by atoms with Crippen molar-refractivity contribution in [2.75, 3.05) is 26.7 Å². The van der Waals surface area contributed by atoms with Gasteiger partial charge < -0.3 is 4.48 Å². The second kappa shape index (κ2) is 5.14. The van der Waals surface area contributed by atoms with Crippen LogP contribution in [-0.2, 0) is 0 Å². The van der Waals surface area contributed by atoms with Crippen molar-refractivity contribution in [1.82, 2.24) is 0 Å². The monoisotopic (exact) mass is 236 g/mol. The van der Waals surface area contributed by atoms with Gasteiger partial charge in [-0.2, -0.15) is 0 Å². The second-order valence-electron chi connectivity index (χ2n) is 7.03. The Bertz CT molecular complexity index is 286. The number of piperidine rings is 1. The third-order valence-electron chi connectivity index (χ3n) is 5.15. The Morgan fingerprint density at radius 1 is 1.18 bits per heavy atom. The van der Waals surface area contributed by atoms with Crippen molar-refractivity contribution < 1.29 is 4.48 Å². The first kappa shape index (κ1) is 13.1. The lowest BCUT2D eigenvalue weighted by Gasteiger charge is -2.44. The smallest absolute Gasteiger partial charge is 0.0821 e. The quantitative estimate of drug-likeness (QED) is 0.504. The summed E-state index contributed by atoms with van der Waals surface area (Å²) in [6.07, 6.45) is 8.21. The third kappa shape index (κ3) is 3.13. The third-order valence-corrected chi connectivity index (χ3v) is 5.15. The van der Waals surface area contributed by atoms with E-state index in [4.69, 9.17) is 0 Å². The normalized spacial score (nSPS) is 37.6. The average molecular weight is 236 g/mol. The number of hydrogen-bond acceptors (Lipinski definition) is 0. The summed E-state index contributed by atoms with van der Waals surface area (Å²) in [5, 5.41) is 0. The predicted molar refractivity (Wildman–Crippen MR) is 74.8 cm³/mol. The zero-order valence-electron chi connectivity index (χ0n) is 12.2. The van der Waals surface area contributed by atoms with E-state index in [1.165, 1.54) is 49.8 Å². The molecule has 0 aromatic heterocycles. The average Bonchev–Trinajstić information content (AvgIpc) is 2.24. The Labute approximate surface area is 107 Å². The van der Waals surface area contributed by atoms with Gasteiger partial charge in [-0.3, -0.25) is 0 Å². The fourth-order valence-corrected chi connectivity index (χ4v) is 4.13. The van der Waals surface area contributed by atoms with Crippen molar-refractivity contribution in [3.63, 3.8) is 0 Å². The summed E-state index contributed by atoms with van der Waals surface area (Å²) in [7, 11) is 2.49. The van der Waals surface area contributed by atoms with Crippen LogP contribution in [0, 0.1) is 17.8 Å². The predicted octanol–water partition coefficient (Wildman–Crippen LogP) is 3.86. The molecule has 1 heteroatoms. The Hall–Kier alpha value is -0.300. The molecule has 1 aliphatic heterocycles. The van der Waals surface area contributed by atoms with Crippen molar-refractivity contribution in [3.8, 4) is 0 Å². The lowest BCUT2D eigenvalue weighted by molar-refractivity contribution is -0.918. The van der Waals surface area contributed by atoms with E-state index in [1.54, 1.807) is 5.57 Å². The summed E-state index contributed by atoms with van der Waals surface area (Å²) in [5.74, 6) is 2.57. The fourth-order valence-electron chi connectivity index (χ4n) is 4.13. The number of nitrogens with zero attached hydrogens (tertiary/aromatic N) is 1. The molecule has 1 saturated heterocycles. The van der Waals surface area contributed by atoms with Gasteiger partial charge in [-0.05, 0) is 44.4 Å². The SMILES string of the molecule is CC1=C[C@H](C)[C@H](C[N+]2(C)CCCCC2)[C@@H](C)C1. The van der Waals surface area contributed by atoms with Crippen LogP contribution in [-0.4, -0.2) is 31.2 Å². The van der Waals surface area contributed by atoms with Gasteiger partial charge in [0.25, 0.3) is 0 Å². The van der Waals surface area contributed by atoms with Crippen molar-refractivity contribution in [1.29, 1.82) is 0 Å². The summed E-state index contributed by atoms with van der Waals surface area (Å²) < 4.78 is 1.34. The summed E-state index contributed by atoms with van der Waals surface area (Å²) in [5.41, 5.74) is 1.61. The molecule has 17 heavy (non-hydrogen) atoms. The van der Waals surface area contributed by atoms with E-state index in [9.17, 15) is 0 Å². The van der Waals surface area contributed by atoms with Gasteiger partial charge in [-0.1, -0.05) is 25.5 Å². The molecule has 0 saturated carbocycles. The minimum absolute atomic E-state index is 0.788. The molecule has 2 aliphatic rings. The molecular weight excluding hydrogens is 206 g/mol. The van der Waals surface area contributed by atoms with Crippen LogP contribution in [0.15, 0.2) is 11.6 Å². The standard InChI is InChI=1S/C16H30N/c1-13-10-14(2)16(15(3)11-13)12-17(4)8-6-5-7-9-17/h10,14-16H,5-9,11-12H2,1-4H3/q+1/t14-,15-,16-/m0/s1. The van der Waals surface area contributed by atoms with Gasteiger partial charge >= 0.3 is 0 Å². The van der Waals surface area contributed by atoms with Crippen LogP contribution in [0.5, 0.6) is 0 Å². The van der Waals surface area contributed by atoms with Crippen molar-refractivity contribution in [2.45, 2.75) is 46.5 Å². The highest BCUT2D eigenvalue weighted by atomic mass is 15.3. The maximum absolute atomic E-state index is 2.53. The van der Waals surface area contributed by atoms with Gasteiger partial charge in [0, 0.05) is 5.92 Å². The number of quaternary nitrogens is 1. The van der Waals surface area contributed by atoms with Gasteiger partial charge in [0.05, 0.1) is 26.7 Å². The maximum Gasteiger partial charge on any atom is 0.0821 e. The minimum Gasteiger partial charge on any atom is -0.326 e. The molecule has 0 N–H and O–H groups in total. The zero-order chi connectivity index (χ0) is 12.5. The van der Waals surface area contributed by atoms with Crippen LogP contribution in [0.1, 0.15) is 46.5 Å². The van der Waals surface area contributed by atoms with E-state index in [1.807, 2.05) is 0 Å². The van der Waals surface area contributed by atoms with Gasteiger partial charge in [-0.15, -0.1) is 0 Å². The Morgan fingerprint density at radius 3 is 2.41 bits per heavy atom. The summed E-state index contributed by atoms with van der Waals surface area (Å²) in [6, 6.07) is 0. The lowest BCUT2D eigenvalue weighted by atomic mass is 9.74. The topological polar surface area (TPSA) is 0 Å². The molecule has 0 aromatic rings. The van der Waals surface area contributed by atoms with Crippen LogP contribution >= 0.6 is 0 Å². The van der Waals surface area contributed by atoms with E-state index in [2.05, 4.69) is 33.9 Å². The van der Waals surface area contributed by atoms with Crippen molar-refractivity contribution >= 4 is 0 Å². The molecule has 0 aromatic carbocycles. The van der Waals surface area contributed by atoms with Crippen LogP contribution in [0.25, 0.3) is 0 Å². The highest BCUT2D eigenvalue weighted by molar-refractivity contribution is 5.08. The van der Waals surface area contributed by atoms with E-state index in [0.29, 0.717) is 0 Å². The van der Waals surface area contributed by atoms with Crippen molar-refractivity contribution in [2.24, 2.45) is 17.8 Å². The molecule has 2 rings (SSSR count). The molecule has 1 aliphatic carbocycles. The summed E-state index contributed by atoms with van der Waals surface area (Å²) in [4.78, 5) is 0. The van der Waals surface area contributed by atoms with Gasteiger partial charge in [0.1, 0.15) is 0 Å². The molecule has 1 heterocycles. The zero-order valence-corrected chi connectivity index (χ0v) is 12.2. The minimum atomic E-state index is 0.788. The van der Waals surface area contributed by atoms with Gasteiger partial charge in [0.2, 0.25) is 0 Å². The van der Waals surface area contributed by atoms with Crippen LogP contribution in [0.3, 0.4) is 0 Å². The molecule has 98 valence electrons. The largest absolute Gasteiger partial charge is 0.326 e. The molecule has 1 nitrogen and oxygen atoms in total. The van der Waals surface area contributed by atoms with Gasteiger partial charge in [-0.25, -0.2) is 0 Å². The molecule has 0 bridgehead atoms. The van der Waals surface area contributed by atoms with E-state index in [0.717, 1.165) is 17.8 Å². The first-order chi connectivity index (χ1) is 8.00. The first-order valence-electron chi connectivity index (χ1n) is 7.51. The molecule has 1 fully saturated rings. The van der Waals surface area contributed by atoms with Gasteiger partial charge in [0.15, 0.2) is 0 Å². The first-order valence-corrected chi connectivity index (χ1v) is 7.51. The van der Waals surface area contributed by atoms with Crippen LogP contribution in [0.4, 0.5) is 0 Å². The molecule has 3 atom stereocenters. The summed E-state index contributed by atoms with van der Waals surface area (Å²) >= 11 is 0. The summed E-state index contributed by atoms with van der Waals surface area (Å²) in [6.45, 7) is 11.4. The Kier molecular flexibility index (Phi) is 3.97. The van der Waals surface area contributed by atoms with E-state index < -0.39 is 0 Å². The fraction of sp³-hybridized carbons (Fsp3) is 0.875. The Morgan fingerprint density at radius 2 is 1.82 bits per heavy atom. The number of rotatable bonds is 2. The van der Waals surface area contributed by atoms with Crippen LogP contribution < -0.4 is 0 Å².